The molecule has 0 spiro atoms. The molecule has 0 radical (unpaired) electrons. The molecule has 0 heterocycles. The van der Waals surface area contributed by atoms with Crippen LogP contribution in [0, 0.1) is 0 Å². The summed E-state index contributed by atoms with van der Waals surface area (Å²) < 4.78 is 0. The molecule has 0 fully saturated rings. The molecule has 2 aromatic rings. The molecule has 2 N–H and O–H groups in total. The second-order valence-corrected chi connectivity index (χ2v) is 6.50. The number of halogens is 1. The summed E-state index contributed by atoms with van der Waals surface area (Å²) in [5.74, 6) is -0.739. The Labute approximate surface area is 163 Å². The number of anilines is 2. The summed E-state index contributed by atoms with van der Waals surface area (Å²) in [7, 11) is 0. The number of hydrogen-bond acceptors (Lipinski definition) is 3. The van der Waals surface area contributed by atoms with Crippen molar-refractivity contribution in [2.75, 3.05) is 23.3 Å². The van der Waals surface area contributed by atoms with Gasteiger partial charge in [0.05, 0.1) is 0 Å². The van der Waals surface area contributed by atoms with Gasteiger partial charge in [0.2, 0.25) is 17.7 Å². The highest BCUT2D eigenvalue weighted by Crippen LogP contribution is 2.19. The molecule has 7 heteroatoms. The summed E-state index contributed by atoms with van der Waals surface area (Å²) in [5.41, 5.74) is 2.13. The van der Waals surface area contributed by atoms with Crippen molar-refractivity contribution >= 4 is 40.7 Å². The minimum atomic E-state index is -0.267. The van der Waals surface area contributed by atoms with E-state index in [1.165, 1.54) is 18.7 Å². The van der Waals surface area contributed by atoms with Crippen molar-refractivity contribution < 1.29 is 14.4 Å². The monoisotopic (exact) mass is 387 g/mol. The molecule has 2 rings (SSSR count). The molecule has 27 heavy (non-hydrogen) atoms. The smallest absolute Gasteiger partial charge is 0.240 e. The molecule has 0 aliphatic heterocycles. The third-order valence-electron chi connectivity index (χ3n) is 3.78. The van der Waals surface area contributed by atoms with Gasteiger partial charge in [0.15, 0.2) is 0 Å². The Bertz CT molecular complexity index is 839. The maximum Gasteiger partial charge on any atom is 0.240 e. The van der Waals surface area contributed by atoms with Gasteiger partial charge in [-0.3, -0.25) is 14.4 Å². The molecule has 0 aliphatic carbocycles. The first-order valence-corrected chi connectivity index (χ1v) is 8.90. The highest BCUT2D eigenvalue weighted by atomic mass is 35.5. The van der Waals surface area contributed by atoms with Crippen LogP contribution in [0.1, 0.15) is 19.4 Å². The number of benzene rings is 2. The van der Waals surface area contributed by atoms with Crippen LogP contribution in [-0.2, 0) is 20.8 Å². The van der Waals surface area contributed by atoms with Crippen LogP contribution >= 0.6 is 11.6 Å². The fourth-order valence-electron chi connectivity index (χ4n) is 2.58. The Morgan fingerprint density at radius 1 is 1.04 bits per heavy atom. The summed E-state index contributed by atoms with van der Waals surface area (Å²) >= 11 is 5.94. The number of carbonyl (C=O) groups excluding carboxylic acids is 3. The van der Waals surface area contributed by atoms with Gasteiger partial charge in [0.25, 0.3) is 0 Å². The lowest BCUT2D eigenvalue weighted by Crippen LogP contribution is -2.40. The van der Waals surface area contributed by atoms with Crippen LogP contribution in [0.2, 0.25) is 5.02 Å². The van der Waals surface area contributed by atoms with Crippen LogP contribution in [0.4, 0.5) is 11.4 Å². The van der Waals surface area contributed by atoms with E-state index in [2.05, 4.69) is 10.6 Å². The van der Waals surface area contributed by atoms with Crippen LogP contribution in [-0.4, -0.2) is 30.8 Å². The van der Waals surface area contributed by atoms with Crippen molar-refractivity contribution in [3.8, 4) is 0 Å². The first-order chi connectivity index (χ1) is 12.8. The van der Waals surface area contributed by atoms with Gasteiger partial charge in [-0.1, -0.05) is 29.8 Å². The van der Waals surface area contributed by atoms with Crippen molar-refractivity contribution in [3.63, 3.8) is 0 Å². The molecule has 3 amide bonds. The number of amides is 3. The second-order valence-electron chi connectivity index (χ2n) is 6.07. The zero-order valence-electron chi connectivity index (χ0n) is 15.3. The Morgan fingerprint density at radius 3 is 2.44 bits per heavy atom. The number of hydrogen-bond donors (Lipinski definition) is 2. The van der Waals surface area contributed by atoms with E-state index in [9.17, 15) is 14.4 Å². The minimum absolute atomic E-state index is 0.103. The van der Waals surface area contributed by atoms with Crippen molar-refractivity contribution in [2.45, 2.75) is 20.3 Å². The summed E-state index contributed by atoms with van der Waals surface area (Å²) in [6, 6.07) is 14.2. The Kier molecular flexibility index (Phi) is 7.37. The van der Waals surface area contributed by atoms with Gasteiger partial charge >= 0.3 is 0 Å². The normalized spacial score (nSPS) is 10.2. The lowest BCUT2D eigenvalue weighted by molar-refractivity contribution is -0.123. The van der Waals surface area contributed by atoms with Gasteiger partial charge in [0.1, 0.15) is 6.54 Å². The average Bonchev–Trinajstić information content (AvgIpc) is 2.59. The van der Waals surface area contributed by atoms with E-state index >= 15 is 0 Å². The fourth-order valence-corrected chi connectivity index (χ4v) is 2.79. The zero-order chi connectivity index (χ0) is 19.8. The Hall–Kier alpha value is -2.86. The summed E-state index contributed by atoms with van der Waals surface area (Å²) in [4.78, 5) is 36.8. The highest BCUT2D eigenvalue weighted by molar-refractivity contribution is 6.30. The standard InChI is InChI=1S/C20H22ClN3O3/c1-14(25)23-18-7-4-8-19(12-18)24(15(2)26)13-20(27)22-10-9-16-5-3-6-17(21)11-16/h3-8,11-12H,9-10,13H2,1-2H3,(H,22,27)(H,23,25). The van der Waals surface area contributed by atoms with Crippen molar-refractivity contribution in [3.05, 3.63) is 59.1 Å². The summed E-state index contributed by atoms with van der Waals surface area (Å²) in [5, 5.41) is 6.12. The maximum atomic E-state index is 12.3. The SMILES string of the molecule is CC(=O)Nc1cccc(N(CC(=O)NCCc2cccc(Cl)c2)C(C)=O)c1. The van der Waals surface area contributed by atoms with Crippen molar-refractivity contribution in [1.29, 1.82) is 0 Å². The predicted molar refractivity (Wildman–Crippen MR) is 107 cm³/mol. The Morgan fingerprint density at radius 2 is 1.78 bits per heavy atom. The molecule has 0 saturated heterocycles. The van der Waals surface area contributed by atoms with E-state index < -0.39 is 0 Å². The van der Waals surface area contributed by atoms with Gasteiger partial charge in [-0.05, 0) is 42.3 Å². The number of nitrogens with zero attached hydrogens (tertiary/aromatic N) is 1. The molecular formula is C20H22ClN3O3. The largest absolute Gasteiger partial charge is 0.354 e. The first-order valence-electron chi connectivity index (χ1n) is 8.52. The molecular weight excluding hydrogens is 366 g/mol. The minimum Gasteiger partial charge on any atom is -0.354 e. The van der Waals surface area contributed by atoms with Crippen LogP contribution in [0.15, 0.2) is 48.5 Å². The van der Waals surface area contributed by atoms with Gasteiger partial charge in [0, 0.05) is 36.8 Å². The van der Waals surface area contributed by atoms with Crippen LogP contribution < -0.4 is 15.5 Å². The van der Waals surface area contributed by atoms with Crippen molar-refractivity contribution in [2.24, 2.45) is 0 Å². The van der Waals surface area contributed by atoms with E-state index in [4.69, 9.17) is 11.6 Å². The molecule has 0 bridgehead atoms. The maximum absolute atomic E-state index is 12.3. The van der Waals surface area contributed by atoms with E-state index in [0.717, 1.165) is 5.56 Å². The predicted octanol–water partition coefficient (Wildman–Crippen LogP) is 3.01. The quantitative estimate of drug-likeness (QED) is 0.766. The summed E-state index contributed by atoms with van der Waals surface area (Å²) in [6.45, 7) is 3.14. The molecule has 0 saturated carbocycles. The van der Waals surface area contributed by atoms with E-state index in [1.807, 2.05) is 18.2 Å². The van der Waals surface area contributed by atoms with E-state index in [1.54, 1.807) is 30.3 Å². The van der Waals surface area contributed by atoms with Gasteiger partial charge in [-0.2, -0.15) is 0 Å². The molecule has 0 aliphatic rings. The van der Waals surface area contributed by atoms with Crippen LogP contribution in [0.5, 0.6) is 0 Å². The Balaban J connectivity index is 1.96. The highest BCUT2D eigenvalue weighted by Gasteiger charge is 2.16. The van der Waals surface area contributed by atoms with E-state index in [0.29, 0.717) is 29.4 Å². The number of rotatable bonds is 7. The number of carbonyl (C=O) groups is 3. The molecule has 6 nitrogen and oxygen atoms in total. The van der Waals surface area contributed by atoms with Crippen molar-refractivity contribution in [1.82, 2.24) is 5.32 Å². The topological polar surface area (TPSA) is 78.5 Å². The van der Waals surface area contributed by atoms with Gasteiger partial charge < -0.3 is 15.5 Å². The van der Waals surface area contributed by atoms with E-state index in [-0.39, 0.29) is 24.3 Å². The first kappa shape index (κ1) is 20.5. The molecule has 142 valence electrons. The van der Waals surface area contributed by atoms with Gasteiger partial charge in [-0.25, -0.2) is 0 Å². The average molecular weight is 388 g/mol. The van der Waals surface area contributed by atoms with Gasteiger partial charge in [-0.15, -0.1) is 0 Å². The molecule has 2 aromatic carbocycles. The molecule has 0 atom stereocenters. The third-order valence-corrected chi connectivity index (χ3v) is 4.02. The zero-order valence-corrected chi connectivity index (χ0v) is 16.0. The third kappa shape index (κ3) is 6.75. The summed E-state index contributed by atoms with van der Waals surface area (Å²) in [6.07, 6.45) is 0.643. The molecule has 0 unspecified atom stereocenters. The number of nitrogens with one attached hydrogen (secondary N) is 2. The second kappa shape index (κ2) is 9.73. The molecule has 0 aromatic heterocycles. The van der Waals surface area contributed by atoms with Crippen LogP contribution in [0.3, 0.4) is 0 Å². The van der Waals surface area contributed by atoms with Crippen LogP contribution in [0.25, 0.3) is 0 Å². The lowest BCUT2D eigenvalue weighted by atomic mass is 10.1. The lowest BCUT2D eigenvalue weighted by Gasteiger charge is -2.21. The fraction of sp³-hybridized carbons (Fsp3) is 0.250.